The van der Waals surface area contributed by atoms with E-state index in [9.17, 15) is 4.79 Å². The van der Waals surface area contributed by atoms with Gasteiger partial charge in [-0.2, -0.15) is 0 Å². The first-order chi connectivity index (χ1) is 5.74. The third kappa shape index (κ3) is 4.72. The van der Waals surface area contributed by atoms with Gasteiger partial charge in [0.15, 0.2) is 0 Å². The zero-order chi connectivity index (χ0) is 9.40. The maximum Gasteiger partial charge on any atom is 0.330 e. The molecular formula is C10H16O2. The van der Waals surface area contributed by atoms with Crippen LogP contribution in [0.2, 0.25) is 0 Å². The van der Waals surface area contributed by atoms with Crippen molar-refractivity contribution in [3.8, 4) is 0 Å². The molecule has 0 N–H and O–H groups in total. The van der Waals surface area contributed by atoms with Crippen LogP contribution < -0.4 is 0 Å². The second-order valence-corrected chi connectivity index (χ2v) is 2.30. The van der Waals surface area contributed by atoms with Crippen molar-refractivity contribution in [3.63, 3.8) is 0 Å². The van der Waals surface area contributed by atoms with Crippen molar-refractivity contribution in [2.24, 2.45) is 0 Å². The fourth-order valence-electron chi connectivity index (χ4n) is 0.784. The van der Waals surface area contributed by atoms with Gasteiger partial charge >= 0.3 is 5.97 Å². The van der Waals surface area contributed by atoms with Gasteiger partial charge in [-0.05, 0) is 20.3 Å². The number of hydrogen-bond donors (Lipinski definition) is 0. The van der Waals surface area contributed by atoms with Gasteiger partial charge in [0.1, 0.15) is 0 Å². The standard InChI is InChI=1S/C10H16O2/c1-4-9(5-2)7-8-10(11)12-6-3/h4,7-8H,5-6H2,1-3H3/b8-7+,9-4+. The Bertz CT molecular complexity index is 190. The molecule has 0 atom stereocenters. The Morgan fingerprint density at radius 1 is 1.33 bits per heavy atom. The molecule has 0 saturated carbocycles. The Hall–Kier alpha value is -1.05. The Morgan fingerprint density at radius 2 is 2.00 bits per heavy atom. The van der Waals surface area contributed by atoms with E-state index in [1.807, 2.05) is 19.9 Å². The van der Waals surface area contributed by atoms with Gasteiger partial charge in [0.05, 0.1) is 6.61 Å². The summed E-state index contributed by atoms with van der Waals surface area (Å²) in [6.07, 6.45) is 6.17. The molecule has 0 fully saturated rings. The molecule has 0 aromatic carbocycles. The number of hydrogen-bond acceptors (Lipinski definition) is 2. The van der Waals surface area contributed by atoms with E-state index in [0.29, 0.717) is 6.61 Å². The van der Waals surface area contributed by atoms with Crippen LogP contribution in [-0.4, -0.2) is 12.6 Å². The van der Waals surface area contributed by atoms with Crippen LogP contribution in [0.4, 0.5) is 0 Å². The van der Waals surface area contributed by atoms with Crippen LogP contribution in [0.25, 0.3) is 0 Å². The third-order valence-corrected chi connectivity index (χ3v) is 1.50. The highest BCUT2D eigenvalue weighted by Gasteiger charge is 1.93. The minimum Gasteiger partial charge on any atom is -0.463 e. The van der Waals surface area contributed by atoms with Crippen molar-refractivity contribution in [3.05, 3.63) is 23.8 Å². The lowest BCUT2D eigenvalue weighted by Crippen LogP contribution is -1.98. The highest BCUT2D eigenvalue weighted by molar-refractivity contribution is 5.82. The van der Waals surface area contributed by atoms with E-state index in [2.05, 4.69) is 0 Å². The minimum absolute atomic E-state index is 0.273. The maximum absolute atomic E-state index is 10.8. The van der Waals surface area contributed by atoms with Crippen LogP contribution in [0.15, 0.2) is 23.8 Å². The summed E-state index contributed by atoms with van der Waals surface area (Å²) in [6, 6.07) is 0. The molecule has 0 spiro atoms. The predicted molar refractivity (Wildman–Crippen MR) is 49.8 cm³/mol. The Balaban J connectivity index is 3.96. The number of allylic oxidation sites excluding steroid dienone is 3. The van der Waals surface area contributed by atoms with Gasteiger partial charge in [0, 0.05) is 6.08 Å². The van der Waals surface area contributed by atoms with E-state index in [0.717, 1.165) is 12.0 Å². The molecule has 12 heavy (non-hydrogen) atoms. The fourth-order valence-corrected chi connectivity index (χ4v) is 0.784. The summed E-state index contributed by atoms with van der Waals surface area (Å²) in [4.78, 5) is 10.8. The van der Waals surface area contributed by atoms with Crippen LogP contribution in [0.3, 0.4) is 0 Å². The summed E-state index contributed by atoms with van der Waals surface area (Å²) in [6.45, 7) is 6.22. The SMILES string of the molecule is C/C=C(/C=C/C(=O)OCC)CC. The molecule has 2 heteroatoms. The summed E-state index contributed by atoms with van der Waals surface area (Å²) in [5, 5.41) is 0. The first kappa shape index (κ1) is 11.0. The molecule has 0 rings (SSSR count). The lowest BCUT2D eigenvalue weighted by molar-refractivity contribution is -0.137. The molecule has 0 bridgehead atoms. The molecule has 0 saturated heterocycles. The average molecular weight is 168 g/mol. The zero-order valence-corrected chi connectivity index (χ0v) is 7.96. The normalized spacial score (nSPS) is 12.1. The Morgan fingerprint density at radius 3 is 2.42 bits per heavy atom. The largest absolute Gasteiger partial charge is 0.463 e. The molecule has 0 aromatic heterocycles. The lowest BCUT2D eigenvalue weighted by atomic mass is 10.2. The molecule has 2 nitrogen and oxygen atoms in total. The van der Waals surface area contributed by atoms with Crippen molar-refractivity contribution >= 4 is 5.97 Å². The van der Waals surface area contributed by atoms with E-state index < -0.39 is 0 Å². The van der Waals surface area contributed by atoms with Crippen molar-refractivity contribution < 1.29 is 9.53 Å². The van der Waals surface area contributed by atoms with Gasteiger partial charge in [-0.25, -0.2) is 4.79 Å². The molecule has 0 aliphatic carbocycles. The predicted octanol–water partition coefficient (Wildman–Crippen LogP) is 2.46. The lowest BCUT2D eigenvalue weighted by Gasteiger charge is -1.96. The maximum atomic E-state index is 10.8. The van der Waals surface area contributed by atoms with E-state index in [4.69, 9.17) is 4.74 Å². The van der Waals surface area contributed by atoms with Crippen molar-refractivity contribution in [2.45, 2.75) is 27.2 Å². The summed E-state index contributed by atoms with van der Waals surface area (Å²) >= 11 is 0. The average Bonchev–Trinajstić information content (AvgIpc) is 2.07. The van der Waals surface area contributed by atoms with E-state index in [1.165, 1.54) is 6.08 Å². The monoisotopic (exact) mass is 168 g/mol. The van der Waals surface area contributed by atoms with Crippen molar-refractivity contribution in [1.29, 1.82) is 0 Å². The number of ether oxygens (including phenoxy) is 1. The molecule has 68 valence electrons. The van der Waals surface area contributed by atoms with Gasteiger partial charge in [-0.3, -0.25) is 0 Å². The number of esters is 1. The van der Waals surface area contributed by atoms with Crippen LogP contribution in [-0.2, 0) is 9.53 Å². The van der Waals surface area contributed by atoms with Crippen LogP contribution in [0.1, 0.15) is 27.2 Å². The van der Waals surface area contributed by atoms with Gasteiger partial charge in [-0.15, -0.1) is 0 Å². The number of carbonyl (C=O) groups is 1. The summed E-state index contributed by atoms with van der Waals surface area (Å²) in [5.41, 5.74) is 1.14. The Kier molecular flexibility index (Phi) is 6.07. The quantitative estimate of drug-likeness (QED) is 0.366. The topological polar surface area (TPSA) is 26.3 Å². The van der Waals surface area contributed by atoms with E-state index in [1.54, 1.807) is 13.0 Å². The van der Waals surface area contributed by atoms with E-state index >= 15 is 0 Å². The molecular weight excluding hydrogens is 152 g/mol. The summed E-state index contributed by atoms with van der Waals surface area (Å²) in [7, 11) is 0. The number of carbonyl (C=O) groups excluding carboxylic acids is 1. The van der Waals surface area contributed by atoms with Gasteiger partial charge < -0.3 is 4.74 Å². The molecule has 0 unspecified atom stereocenters. The molecule has 0 aliphatic heterocycles. The second-order valence-electron chi connectivity index (χ2n) is 2.30. The number of rotatable bonds is 4. The van der Waals surface area contributed by atoms with E-state index in [-0.39, 0.29) is 5.97 Å². The van der Waals surface area contributed by atoms with Gasteiger partial charge in [-0.1, -0.05) is 24.6 Å². The van der Waals surface area contributed by atoms with Crippen molar-refractivity contribution in [2.75, 3.05) is 6.61 Å². The Labute approximate surface area is 73.9 Å². The smallest absolute Gasteiger partial charge is 0.330 e. The molecule has 0 amide bonds. The highest BCUT2D eigenvalue weighted by atomic mass is 16.5. The van der Waals surface area contributed by atoms with Crippen LogP contribution in [0.5, 0.6) is 0 Å². The van der Waals surface area contributed by atoms with Crippen LogP contribution in [0, 0.1) is 0 Å². The fraction of sp³-hybridized carbons (Fsp3) is 0.500. The molecule has 0 aliphatic rings. The summed E-state index contributed by atoms with van der Waals surface area (Å²) in [5.74, 6) is -0.273. The van der Waals surface area contributed by atoms with Gasteiger partial charge in [0.2, 0.25) is 0 Å². The minimum atomic E-state index is -0.273. The summed E-state index contributed by atoms with van der Waals surface area (Å²) < 4.78 is 4.73. The van der Waals surface area contributed by atoms with Gasteiger partial charge in [0.25, 0.3) is 0 Å². The molecule has 0 heterocycles. The third-order valence-electron chi connectivity index (χ3n) is 1.50. The highest BCUT2D eigenvalue weighted by Crippen LogP contribution is 2.01. The molecule has 0 radical (unpaired) electrons. The van der Waals surface area contributed by atoms with Crippen LogP contribution >= 0.6 is 0 Å². The first-order valence-corrected chi connectivity index (χ1v) is 4.24. The zero-order valence-electron chi connectivity index (χ0n) is 7.96. The molecule has 0 aromatic rings. The van der Waals surface area contributed by atoms with Crippen molar-refractivity contribution in [1.82, 2.24) is 0 Å². The first-order valence-electron chi connectivity index (χ1n) is 4.24. The second kappa shape index (κ2) is 6.65.